The molecule has 0 aliphatic carbocycles. The first-order chi connectivity index (χ1) is 17.9. The SMILES string of the molecule is CC(C)c1ccc([C@@H](NC(=O)[C@@H]2C[C@@H](F)CN2C(=O)Cn2cc(C(F)(F)F)cn2)c2ccccc2)nc1F. The Morgan fingerprint density at radius 1 is 1.13 bits per heavy atom. The normalized spacial score (nSPS) is 18.6. The smallest absolute Gasteiger partial charge is 0.342 e. The van der Waals surface area contributed by atoms with E-state index in [1.165, 1.54) is 0 Å². The molecule has 0 unspecified atom stereocenters. The highest BCUT2D eigenvalue weighted by molar-refractivity contribution is 5.88. The maximum absolute atomic E-state index is 14.7. The molecule has 0 bridgehead atoms. The van der Waals surface area contributed by atoms with Gasteiger partial charge in [0, 0.05) is 18.2 Å². The topological polar surface area (TPSA) is 80.1 Å². The Morgan fingerprint density at radius 3 is 2.45 bits per heavy atom. The summed E-state index contributed by atoms with van der Waals surface area (Å²) in [5, 5.41) is 6.31. The summed E-state index contributed by atoms with van der Waals surface area (Å²) in [4.78, 5) is 31.3. The monoisotopic (exact) mass is 535 g/mol. The molecule has 7 nitrogen and oxygen atoms in total. The van der Waals surface area contributed by atoms with Gasteiger partial charge >= 0.3 is 6.18 Å². The summed E-state index contributed by atoms with van der Waals surface area (Å²) in [6.45, 7) is 2.65. The quantitative estimate of drug-likeness (QED) is 0.359. The van der Waals surface area contributed by atoms with E-state index in [4.69, 9.17) is 0 Å². The predicted octanol–water partition coefficient (Wildman–Crippen LogP) is 4.40. The number of aromatic nitrogens is 3. The maximum atomic E-state index is 14.7. The van der Waals surface area contributed by atoms with E-state index < -0.39 is 60.8 Å². The minimum absolute atomic E-state index is 0.108. The van der Waals surface area contributed by atoms with Gasteiger partial charge in [0.1, 0.15) is 18.8 Å². The predicted molar refractivity (Wildman–Crippen MR) is 127 cm³/mol. The van der Waals surface area contributed by atoms with Crippen LogP contribution in [0.5, 0.6) is 0 Å². The van der Waals surface area contributed by atoms with Crippen LogP contribution in [0.25, 0.3) is 0 Å². The van der Waals surface area contributed by atoms with E-state index in [0.717, 1.165) is 9.58 Å². The molecule has 1 fully saturated rings. The Morgan fingerprint density at radius 2 is 1.84 bits per heavy atom. The lowest BCUT2D eigenvalue weighted by Crippen LogP contribution is -2.48. The van der Waals surface area contributed by atoms with Crippen molar-refractivity contribution in [3.8, 4) is 0 Å². The van der Waals surface area contributed by atoms with E-state index in [-0.39, 0.29) is 18.0 Å². The Bertz CT molecular complexity index is 1290. The van der Waals surface area contributed by atoms with E-state index in [0.29, 0.717) is 23.5 Å². The fraction of sp³-hybridized carbons (Fsp3) is 0.385. The maximum Gasteiger partial charge on any atom is 0.419 e. The van der Waals surface area contributed by atoms with Crippen molar-refractivity contribution in [3.05, 3.63) is 83.2 Å². The molecule has 202 valence electrons. The lowest BCUT2D eigenvalue weighted by Gasteiger charge is -2.26. The Hall–Kier alpha value is -3.83. The number of nitrogens with one attached hydrogen (secondary N) is 1. The number of rotatable bonds is 7. The molecule has 0 spiro atoms. The minimum atomic E-state index is -4.63. The third-order valence-electron chi connectivity index (χ3n) is 6.37. The highest BCUT2D eigenvalue weighted by Gasteiger charge is 2.41. The van der Waals surface area contributed by atoms with Gasteiger partial charge in [-0.2, -0.15) is 22.7 Å². The van der Waals surface area contributed by atoms with Crippen molar-refractivity contribution in [2.75, 3.05) is 6.54 Å². The zero-order chi connectivity index (χ0) is 27.6. The molecule has 12 heteroatoms. The van der Waals surface area contributed by atoms with Crippen LogP contribution >= 0.6 is 0 Å². The number of hydrogen-bond acceptors (Lipinski definition) is 4. The molecule has 4 rings (SSSR count). The number of benzene rings is 1. The number of carbonyl (C=O) groups is 2. The molecule has 1 aliphatic rings. The van der Waals surface area contributed by atoms with Crippen LogP contribution in [0.2, 0.25) is 0 Å². The number of halogens is 5. The summed E-state index contributed by atoms with van der Waals surface area (Å²) in [6, 6.07) is 9.73. The van der Waals surface area contributed by atoms with Crippen LogP contribution in [-0.4, -0.2) is 50.2 Å². The summed E-state index contributed by atoms with van der Waals surface area (Å²) < 4.78 is 68.5. The number of alkyl halides is 4. The highest BCUT2D eigenvalue weighted by Crippen LogP contribution is 2.29. The molecule has 1 aliphatic heterocycles. The molecular formula is C26H26F5N5O2. The van der Waals surface area contributed by atoms with E-state index in [1.807, 2.05) is 13.8 Å². The van der Waals surface area contributed by atoms with E-state index >= 15 is 0 Å². The second kappa shape index (κ2) is 10.9. The van der Waals surface area contributed by atoms with Gasteiger partial charge in [0.2, 0.25) is 17.8 Å². The van der Waals surface area contributed by atoms with Gasteiger partial charge < -0.3 is 10.2 Å². The number of likely N-dealkylation sites (tertiary alicyclic amines) is 1. The average Bonchev–Trinajstić information content (AvgIpc) is 3.49. The number of carbonyl (C=O) groups excluding carboxylic acids is 2. The zero-order valence-corrected chi connectivity index (χ0v) is 20.6. The fourth-order valence-corrected chi connectivity index (χ4v) is 4.40. The zero-order valence-electron chi connectivity index (χ0n) is 20.6. The molecular weight excluding hydrogens is 509 g/mol. The molecule has 0 saturated carbocycles. The molecule has 3 heterocycles. The van der Waals surface area contributed by atoms with E-state index in [2.05, 4.69) is 15.4 Å². The van der Waals surface area contributed by atoms with Crippen molar-refractivity contribution in [1.29, 1.82) is 0 Å². The van der Waals surface area contributed by atoms with Gasteiger partial charge in [-0.1, -0.05) is 50.2 Å². The van der Waals surface area contributed by atoms with Crippen molar-refractivity contribution >= 4 is 11.8 Å². The van der Waals surface area contributed by atoms with Crippen LogP contribution in [-0.2, 0) is 22.3 Å². The van der Waals surface area contributed by atoms with Crippen LogP contribution in [0.3, 0.4) is 0 Å². The van der Waals surface area contributed by atoms with Crippen molar-refractivity contribution in [1.82, 2.24) is 25.0 Å². The molecule has 3 atom stereocenters. The van der Waals surface area contributed by atoms with Crippen LogP contribution in [0, 0.1) is 5.95 Å². The second-order valence-electron chi connectivity index (χ2n) is 9.44. The van der Waals surface area contributed by atoms with Gasteiger partial charge in [-0.05, 0) is 17.5 Å². The van der Waals surface area contributed by atoms with Crippen LogP contribution in [0.1, 0.15) is 54.6 Å². The molecule has 38 heavy (non-hydrogen) atoms. The molecule has 2 aromatic heterocycles. The number of hydrogen-bond donors (Lipinski definition) is 1. The highest BCUT2D eigenvalue weighted by atomic mass is 19.4. The standard InChI is InChI=1S/C26H26F5N5O2/c1-15(2)19-8-9-20(33-24(19)28)23(16-6-4-3-5-7-16)34-25(38)21-10-18(27)13-36(21)22(37)14-35-12-17(11-32-35)26(29,30)31/h3-9,11-12,15,18,21,23H,10,13-14H2,1-2H3,(H,34,38)/t18-,21+,23+/m1/s1. The van der Waals surface area contributed by atoms with Crippen LogP contribution < -0.4 is 5.32 Å². The molecule has 2 amide bonds. The average molecular weight is 536 g/mol. The molecule has 1 aromatic carbocycles. The summed E-state index contributed by atoms with van der Waals surface area (Å²) in [5.74, 6) is -2.24. The molecule has 1 N–H and O–H groups in total. The van der Waals surface area contributed by atoms with E-state index in [1.54, 1.807) is 42.5 Å². The minimum Gasteiger partial charge on any atom is -0.342 e. The first kappa shape index (κ1) is 27.2. The fourth-order valence-electron chi connectivity index (χ4n) is 4.40. The van der Waals surface area contributed by atoms with Crippen molar-refractivity contribution in [2.24, 2.45) is 0 Å². The Kier molecular flexibility index (Phi) is 7.79. The Labute approximate surface area is 215 Å². The lowest BCUT2D eigenvalue weighted by molar-refractivity contribution is -0.139. The molecule has 0 radical (unpaired) electrons. The van der Waals surface area contributed by atoms with Gasteiger partial charge in [-0.25, -0.2) is 9.37 Å². The second-order valence-corrected chi connectivity index (χ2v) is 9.44. The number of amides is 2. The van der Waals surface area contributed by atoms with Gasteiger partial charge in [-0.15, -0.1) is 0 Å². The number of nitrogens with zero attached hydrogens (tertiary/aromatic N) is 4. The van der Waals surface area contributed by atoms with Gasteiger partial charge in [0.15, 0.2) is 0 Å². The lowest BCUT2D eigenvalue weighted by atomic mass is 9.99. The summed E-state index contributed by atoms with van der Waals surface area (Å²) >= 11 is 0. The third kappa shape index (κ3) is 6.00. The van der Waals surface area contributed by atoms with Gasteiger partial charge in [0.25, 0.3) is 0 Å². The van der Waals surface area contributed by atoms with Crippen LogP contribution in [0.15, 0.2) is 54.9 Å². The first-order valence-electron chi connectivity index (χ1n) is 12.0. The number of pyridine rings is 1. The molecule has 1 saturated heterocycles. The summed E-state index contributed by atoms with van der Waals surface area (Å²) in [7, 11) is 0. The first-order valence-corrected chi connectivity index (χ1v) is 12.0. The van der Waals surface area contributed by atoms with Gasteiger partial charge in [-0.3, -0.25) is 14.3 Å². The van der Waals surface area contributed by atoms with Gasteiger partial charge in [0.05, 0.1) is 30.0 Å². The van der Waals surface area contributed by atoms with Crippen LogP contribution in [0.4, 0.5) is 22.0 Å². The van der Waals surface area contributed by atoms with Crippen molar-refractivity contribution in [3.63, 3.8) is 0 Å². The third-order valence-corrected chi connectivity index (χ3v) is 6.37. The van der Waals surface area contributed by atoms with Crippen molar-refractivity contribution in [2.45, 2.75) is 57.2 Å². The Balaban J connectivity index is 1.56. The van der Waals surface area contributed by atoms with Crippen molar-refractivity contribution < 1.29 is 31.5 Å². The summed E-state index contributed by atoms with van der Waals surface area (Å²) in [5.41, 5.74) is 0.189. The summed E-state index contributed by atoms with van der Waals surface area (Å²) in [6.07, 6.45) is -5.17. The van der Waals surface area contributed by atoms with E-state index in [9.17, 15) is 31.5 Å². The molecule has 3 aromatic rings. The largest absolute Gasteiger partial charge is 0.419 e.